The van der Waals surface area contributed by atoms with Gasteiger partial charge in [0.25, 0.3) is 0 Å². The Morgan fingerprint density at radius 3 is 2.41 bits per heavy atom. The molecule has 1 aromatic heterocycles. The molecule has 0 bridgehead atoms. The van der Waals surface area contributed by atoms with Gasteiger partial charge in [-0.05, 0) is 33.0 Å². The minimum Gasteiger partial charge on any atom is -0.491 e. The van der Waals surface area contributed by atoms with Crippen LogP contribution in [0.15, 0.2) is 42.6 Å². The van der Waals surface area contributed by atoms with Gasteiger partial charge in [0.15, 0.2) is 0 Å². The first kappa shape index (κ1) is 21.5. The molecule has 1 aliphatic rings. The number of halogens is 1. The summed E-state index contributed by atoms with van der Waals surface area (Å²) >= 11 is 0. The number of ether oxygens (including phenoxy) is 1. The smallest absolute Gasteiger partial charge is 0.133 e. The average molecular weight is 391 g/mol. The molecule has 2 aromatic rings. The van der Waals surface area contributed by atoms with E-state index in [4.69, 9.17) is 4.74 Å². The maximum Gasteiger partial charge on any atom is 0.133 e. The van der Waals surface area contributed by atoms with Crippen LogP contribution in [0.25, 0.3) is 0 Å². The van der Waals surface area contributed by atoms with Gasteiger partial charge in [-0.15, -0.1) is 12.4 Å². The average Bonchev–Trinajstić information content (AvgIpc) is 2.64. The van der Waals surface area contributed by atoms with Gasteiger partial charge < -0.3 is 19.9 Å². The van der Waals surface area contributed by atoms with Crippen molar-refractivity contribution in [2.75, 3.05) is 38.1 Å². The van der Waals surface area contributed by atoms with Gasteiger partial charge in [-0.3, -0.25) is 0 Å². The summed E-state index contributed by atoms with van der Waals surface area (Å²) in [4.78, 5) is 9.41. The number of hydrogen-bond donors (Lipinski definition) is 1. The number of benzene rings is 1. The van der Waals surface area contributed by atoms with E-state index in [1.54, 1.807) is 0 Å². The highest BCUT2D eigenvalue weighted by Gasteiger charge is 2.17. The topological polar surface area (TPSA) is 40.6 Å². The van der Waals surface area contributed by atoms with Crippen molar-refractivity contribution in [3.8, 4) is 5.75 Å². The third-order valence-corrected chi connectivity index (χ3v) is 4.64. The standard InChI is InChI=1S/C21H30N4O.ClH/c1-17(2)26-20-9-5-4-7-18(20)15-22-16-19-8-6-10-23-21(19)25-13-11-24(3)12-14-25;/h4-10,17,22H,11-16H2,1-3H3;1H. The third kappa shape index (κ3) is 6.09. The van der Waals surface area contributed by atoms with Crippen molar-refractivity contribution in [1.82, 2.24) is 15.2 Å². The van der Waals surface area contributed by atoms with E-state index in [-0.39, 0.29) is 18.5 Å². The fourth-order valence-electron chi connectivity index (χ4n) is 3.22. The number of nitrogens with zero attached hydrogens (tertiary/aromatic N) is 3. The van der Waals surface area contributed by atoms with Crippen LogP contribution < -0.4 is 15.0 Å². The Kier molecular flexibility index (Phi) is 8.35. The predicted molar refractivity (Wildman–Crippen MR) is 114 cm³/mol. The number of likely N-dealkylation sites (N-methyl/N-ethyl adjacent to an activating group) is 1. The lowest BCUT2D eigenvalue weighted by Gasteiger charge is -2.34. The highest BCUT2D eigenvalue weighted by molar-refractivity contribution is 5.85. The molecule has 27 heavy (non-hydrogen) atoms. The Balaban J connectivity index is 0.00000261. The molecule has 1 aromatic carbocycles. The maximum absolute atomic E-state index is 5.91. The Bertz CT molecular complexity index is 702. The molecule has 1 saturated heterocycles. The minimum absolute atomic E-state index is 0. The van der Waals surface area contributed by atoms with Crippen LogP contribution in [-0.2, 0) is 13.1 Å². The first-order valence-electron chi connectivity index (χ1n) is 9.46. The molecule has 148 valence electrons. The highest BCUT2D eigenvalue weighted by atomic mass is 35.5. The zero-order chi connectivity index (χ0) is 18.4. The monoisotopic (exact) mass is 390 g/mol. The lowest BCUT2D eigenvalue weighted by molar-refractivity contribution is 0.239. The van der Waals surface area contributed by atoms with E-state index in [1.165, 1.54) is 11.1 Å². The minimum atomic E-state index is 0. The molecule has 0 radical (unpaired) electrons. The molecule has 1 fully saturated rings. The summed E-state index contributed by atoms with van der Waals surface area (Å²) in [6, 6.07) is 12.4. The summed E-state index contributed by atoms with van der Waals surface area (Å²) in [5.41, 5.74) is 2.44. The molecule has 0 aliphatic carbocycles. The molecule has 6 heteroatoms. The van der Waals surface area contributed by atoms with Crippen molar-refractivity contribution in [2.24, 2.45) is 0 Å². The van der Waals surface area contributed by atoms with E-state index < -0.39 is 0 Å². The number of pyridine rings is 1. The lowest BCUT2D eigenvalue weighted by Crippen LogP contribution is -2.45. The number of piperazine rings is 1. The zero-order valence-electron chi connectivity index (χ0n) is 16.5. The molecule has 5 nitrogen and oxygen atoms in total. The molecule has 0 amide bonds. The molecule has 0 saturated carbocycles. The quantitative estimate of drug-likeness (QED) is 0.785. The second kappa shape index (κ2) is 10.5. The van der Waals surface area contributed by atoms with Crippen LogP contribution in [0.4, 0.5) is 5.82 Å². The van der Waals surface area contributed by atoms with Gasteiger partial charge in [0.1, 0.15) is 11.6 Å². The zero-order valence-corrected chi connectivity index (χ0v) is 17.3. The summed E-state index contributed by atoms with van der Waals surface area (Å²) in [5, 5.41) is 3.56. The van der Waals surface area contributed by atoms with Crippen LogP contribution in [0.5, 0.6) is 5.75 Å². The molecule has 3 rings (SSSR count). The summed E-state index contributed by atoms with van der Waals surface area (Å²) in [5.74, 6) is 2.07. The number of hydrogen-bond acceptors (Lipinski definition) is 5. The fourth-order valence-corrected chi connectivity index (χ4v) is 3.22. The molecular formula is C21H31ClN4O. The van der Waals surface area contributed by atoms with Crippen molar-refractivity contribution >= 4 is 18.2 Å². The molecule has 0 unspecified atom stereocenters. The maximum atomic E-state index is 5.91. The third-order valence-electron chi connectivity index (χ3n) is 4.64. The lowest BCUT2D eigenvalue weighted by atomic mass is 10.1. The Labute approximate surface area is 169 Å². The van der Waals surface area contributed by atoms with Gasteiger partial charge in [-0.25, -0.2) is 4.98 Å². The van der Waals surface area contributed by atoms with Crippen LogP contribution in [0.3, 0.4) is 0 Å². The van der Waals surface area contributed by atoms with Gasteiger partial charge in [0, 0.05) is 56.6 Å². The van der Waals surface area contributed by atoms with Crippen LogP contribution >= 0.6 is 12.4 Å². The summed E-state index contributed by atoms with van der Waals surface area (Å²) < 4.78 is 5.91. The number of nitrogens with one attached hydrogen (secondary N) is 1. The van der Waals surface area contributed by atoms with Crippen LogP contribution in [-0.4, -0.2) is 49.2 Å². The first-order chi connectivity index (χ1) is 12.6. The van der Waals surface area contributed by atoms with Crippen molar-refractivity contribution in [2.45, 2.75) is 33.0 Å². The van der Waals surface area contributed by atoms with Gasteiger partial charge in [0.05, 0.1) is 6.10 Å². The number of para-hydroxylation sites is 1. The molecule has 2 heterocycles. The summed E-state index contributed by atoms with van der Waals surface area (Å²) in [6.45, 7) is 9.93. The number of aromatic nitrogens is 1. The van der Waals surface area contributed by atoms with Crippen LogP contribution in [0.1, 0.15) is 25.0 Å². The molecule has 1 aliphatic heterocycles. The Morgan fingerprint density at radius 2 is 1.67 bits per heavy atom. The van der Waals surface area contributed by atoms with Crippen molar-refractivity contribution in [3.63, 3.8) is 0 Å². The van der Waals surface area contributed by atoms with Crippen LogP contribution in [0.2, 0.25) is 0 Å². The normalized spacial score (nSPS) is 14.9. The summed E-state index contributed by atoms with van der Waals surface area (Å²) in [7, 11) is 2.18. The molecule has 1 N–H and O–H groups in total. The van der Waals surface area contributed by atoms with Crippen molar-refractivity contribution < 1.29 is 4.74 Å². The fraction of sp³-hybridized carbons (Fsp3) is 0.476. The van der Waals surface area contributed by atoms with Gasteiger partial charge >= 0.3 is 0 Å². The molecule has 0 spiro atoms. The highest BCUT2D eigenvalue weighted by Crippen LogP contribution is 2.21. The Hall–Kier alpha value is -1.82. The number of anilines is 1. The predicted octanol–water partition coefficient (Wildman–Crippen LogP) is 3.33. The first-order valence-corrected chi connectivity index (χ1v) is 9.46. The van der Waals surface area contributed by atoms with Crippen LogP contribution in [0, 0.1) is 0 Å². The van der Waals surface area contributed by atoms with E-state index in [1.807, 2.05) is 24.4 Å². The van der Waals surface area contributed by atoms with E-state index in [2.05, 4.69) is 59.2 Å². The SMILES string of the molecule is CC(C)Oc1ccccc1CNCc1cccnc1N1CCN(C)CC1.Cl. The molecule has 0 atom stereocenters. The summed E-state index contributed by atoms with van der Waals surface area (Å²) in [6.07, 6.45) is 2.07. The van der Waals surface area contributed by atoms with E-state index in [0.717, 1.165) is 50.8 Å². The number of rotatable bonds is 7. The largest absolute Gasteiger partial charge is 0.491 e. The van der Waals surface area contributed by atoms with E-state index >= 15 is 0 Å². The Morgan fingerprint density at radius 1 is 1.00 bits per heavy atom. The molecular weight excluding hydrogens is 360 g/mol. The van der Waals surface area contributed by atoms with Crippen molar-refractivity contribution in [3.05, 3.63) is 53.7 Å². The van der Waals surface area contributed by atoms with Gasteiger partial charge in [-0.2, -0.15) is 0 Å². The second-order valence-corrected chi connectivity index (χ2v) is 7.15. The second-order valence-electron chi connectivity index (χ2n) is 7.15. The van der Waals surface area contributed by atoms with Gasteiger partial charge in [0.2, 0.25) is 0 Å². The van der Waals surface area contributed by atoms with E-state index in [9.17, 15) is 0 Å². The van der Waals surface area contributed by atoms with Gasteiger partial charge in [-0.1, -0.05) is 24.3 Å². The van der Waals surface area contributed by atoms with Crippen molar-refractivity contribution in [1.29, 1.82) is 0 Å². The van der Waals surface area contributed by atoms with E-state index in [0.29, 0.717) is 0 Å².